The van der Waals surface area contributed by atoms with Gasteiger partial charge in [-0.3, -0.25) is 9.59 Å². The Labute approximate surface area is 112 Å². The van der Waals surface area contributed by atoms with E-state index < -0.39 is 6.04 Å². The topological polar surface area (TPSA) is 58.2 Å². The van der Waals surface area contributed by atoms with Crippen LogP contribution in [0.3, 0.4) is 0 Å². The zero-order chi connectivity index (χ0) is 12.3. The number of rotatable bonds is 2. The summed E-state index contributed by atoms with van der Waals surface area (Å²) in [6.07, 6.45) is 2.64. The molecule has 1 atom stereocenters. The summed E-state index contributed by atoms with van der Waals surface area (Å²) in [5.41, 5.74) is 0. The van der Waals surface area contributed by atoms with E-state index in [1.807, 2.05) is 6.07 Å². The van der Waals surface area contributed by atoms with Gasteiger partial charge in [0.2, 0.25) is 5.91 Å². The Morgan fingerprint density at radius 3 is 3.00 bits per heavy atom. The summed E-state index contributed by atoms with van der Waals surface area (Å²) in [6, 6.07) is 3.18. The summed E-state index contributed by atoms with van der Waals surface area (Å²) in [4.78, 5) is 24.2. The first-order valence-corrected chi connectivity index (χ1v) is 7.11. The van der Waals surface area contributed by atoms with Crippen LogP contribution in [0.2, 0.25) is 0 Å². The molecule has 1 unspecified atom stereocenters. The van der Waals surface area contributed by atoms with Gasteiger partial charge in [0.15, 0.2) is 0 Å². The van der Waals surface area contributed by atoms with Gasteiger partial charge >= 0.3 is 0 Å². The van der Waals surface area contributed by atoms with Crippen LogP contribution in [0.15, 0.2) is 15.9 Å². The van der Waals surface area contributed by atoms with E-state index in [-0.39, 0.29) is 11.8 Å². The molecule has 1 aliphatic heterocycles. The normalized spacial score (nSPS) is 20.5. The van der Waals surface area contributed by atoms with Crippen LogP contribution in [0.1, 0.15) is 28.9 Å². The van der Waals surface area contributed by atoms with Crippen LogP contribution < -0.4 is 10.6 Å². The largest absolute Gasteiger partial charge is 0.354 e. The van der Waals surface area contributed by atoms with Crippen LogP contribution in [0.4, 0.5) is 0 Å². The molecule has 1 aromatic heterocycles. The minimum Gasteiger partial charge on any atom is -0.354 e. The third-order valence-electron chi connectivity index (χ3n) is 2.64. The molecule has 1 fully saturated rings. The van der Waals surface area contributed by atoms with Crippen molar-refractivity contribution < 1.29 is 9.59 Å². The van der Waals surface area contributed by atoms with Gasteiger partial charge in [0.05, 0.1) is 8.66 Å². The number of carbonyl (C=O) groups excluding carboxylic acids is 2. The molecule has 4 nitrogen and oxygen atoms in total. The number of thiophene rings is 1. The quantitative estimate of drug-likeness (QED) is 0.875. The lowest BCUT2D eigenvalue weighted by atomic mass is 10.1. The molecule has 6 heteroatoms. The van der Waals surface area contributed by atoms with Gasteiger partial charge in [-0.2, -0.15) is 0 Å². The fourth-order valence-corrected chi connectivity index (χ4v) is 3.03. The van der Waals surface area contributed by atoms with Crippen molar-refractivity contribution in [1.82, 2.24) is 10.6 Å². The van der Waals surface area contributed by atoms with E-state index in [2.05, 4.69) is 26.6 Å². The summed E-state index contributed by atoms with van der Waals surface area (Å²) < 4.78 is 0.910. The standard InChI is InChI=1S/C11H13BrN2O2S/c12-9-5-4-8(17-9)11(16)14-7-3-1-2-6-13-10(7)15/h4-5,7H,1-3,6H2,(H,13,15)(H,14,16). The predicted octanol–water partition coefficient (Wildman–Crippen LogP) is 1.91. The van der Waals surface area contributed by atoms with Crippen molar-refractivity contribution in [2.75, 3.05) is 6.54 Å². The molecule has 0 aliphatic carbocycles. The molecule has 2 amide bonds. The molecule has 2 heterocycles. The Morgan fingerprint density at radius 2 is 2.29 bits per heavy atom. The van der Waals surface area contributed by atoms with E-state index in [4.69, 9.17) is 0 Å². The molecule has 1 aromatic rings. The van der Waals surface area contributed by atoms with E-state index in [0.29, 0.717) is 17.8 Å². The number of amides is 2. The van der Waals surface area contributed by atoms with Gasteiger partial charge in [-0.05, 0) is 47.3 Å². The number of carbonyl (C=O) groups is 2. The summed E-state index contributed by atoms with van der Waals surface area (Å²) in [5.74, 6) is -0.255. The molecule has 0 radical (unpaired) electrons. The Morgan fingerprint density at radius 1 is 1.47 bits per heavy atom. The number of hydrogen-bond donors (Lipinski definition) is 2. The zero-order valence-electron chi connectivity index (χ0n) is 9.16. The molecule has 0 spiro atoms. The Kier molecular flexibility index (Phi) is 4.17. The fraction of sp³-hybridized carbons (Fsp3) is 0.455. The molecule has 2 rings (SSSR count). The summed E-state index contributed by atoms with van der Waals surface area (Å²) in [5, 5.41) is 5.57. The molecule has 1 aliphatic rings. The molecule has 2 N–H and O–H groups in total. The first-order chi connectivity index (χ1) is 8.16. The first kappa shape index (κ1) is 12.6. The summed E-state index contributed by atoms with van der Waals surface area (Å²) in [7, 11) is 0. The highest BCUT2D eigenvalue weighted by Gasteiger charge is 2.23. The van der Waals surface area contributed by atoms with Crippen LogP contribution in [0.25, 0.3) is 0 Å². The van der Waals surface area contributed by atoms with Crippen molar-refractivity contribution in [1.29, 1.82) is 0 Å². The van der Waals surface area contributed by atoms with E-state index in [0.717, 1.165) is 16.6 Å². The van der Waals surface area contributed by atoms with E-state index in [1.54, 1.807) is 6.07 Å². The third kappa shape index (κ3) is 3.29. The molecule has 0 bridgehead atoms. The monoisotopic (exact) mass is 316 g/mol. The van der Waals surface area contributed by atoms with Gasteiger partial charge in [0.1, 0.15) is 6.04 Å². The second kappa shape index (κ2) is 5.64. The summed E-state index contributed by atoms with van der Waals surface area (Å²) >= 11 is 4.67. The predicted molar refractivity (Wildman–Crippen MR) is 70.1 cm³/mol. The van der Waals surface area contributed by atoms with Crippen LogP contribution in [0, 0.1) is 0 Å². The van der Waals surface area contributed by atoms with Gasteiger partial charge in [0.25, 0.3) is 5.91 Å². The lowest BCUT2D eigenvalue weighted by Gasteiger charge is -2.14. The van der Waals surface area contributed by atoms with E-state index in [1.165, 1.54) is 11.3 Å². The van der Waals surface area contributed by atoms with Gasteiger partial charge in [-0.25, -0.2) is 0 Å². The van der Waals surface area contributed by atoms with Crippen LogP contribution >= 0.6 is 27.3 Å². The van der Waals surface area contributed by atoms with Gasteiger partial charge in [-0.15, -0.1) is 11.3 Å². The molecular weight excluding hydrogens is 304 g/mol. The maximum Gasteiger partial charge on any atom is 0.262 e. The average molecular weight is 317 g/mol. The maximum atomic E-state index is 11.9. The van der Waals surface area contributed by atoms with Gasteiger partial charge in [0, 0.05) is 6.54 Å². The Hall–Kier alpha value is -0.880. The zero-order valence-corrected chi connectivity index (χ0v) is 11.6. The van der Waals surface area contributed by atoms with Crippen molar-refractivity contribution in [3.8, 4) is 0 Å². The van der Waals surface area contributed by atoms with Crippen molar-refractivity contribution in [2.24, 2.45) is 0 Å². The minimum atomic E-state index is -0.397. The molecule has 0 saturated carbocycles. The second-order valence-electron chi connectivity index (χ2n) is 3.92. The molecule has 0 aromatic carbocycles. The summed E-state index contributed by atoms with van der Waals surface area (Å²) in [6.45, 7) is 0.704. The Balaban J connectivity index is 1.99. The molecule has 17 heavy (non-hydrogen) atoms. The Bertz CT molecular complexity index is 433. The van der Waals surface area contributed by atoms with E-state index in [9.17, 15) is 9.59 Å². The average Bonchev–Trinajstić information content (AvgIpc) is 2.63. The highest BCUT2D eigenvalue weighted by molar-refractivity contribution is 9.11. The minimum absolute atomic E-state index is 0.0773. The smallest absolute Gasteiger partial charge is 0.262 e. The SMILES string of the molecule is O=C(NC1CCCCNC1=O)c1ccc(Br)s1. The number of halogens is 1. The fourth-order valence-electron chi connectivity index (χ4n) is 1.74. The van der Waals surface area contributed by atoms with Crippen molar-refractivity contribution in [3.05, 3.63) is 20.8 Å². The van der Waals surface area contributed by atoms with Gasteiger partial charge in [-0.1, -0.05) is 0 Å². The maximum absolute atomic E-state index is 11.9. The molecular formula is C11H13BrN2O2S. The number of nitrogens with one attached hydrogen (secondary N) is 2. The van der Waals surface area contributed by atoms with Crippen molar-refractivity contribution >= 4 is 39.1 Å². The van der Waals surface area contributed by atoms with Crippen molar-refractivity contribution in [2.45, 2.75) is 25.3 Å². The lowest BCUT2D eigenvalue weighted by Crippen LogP contribution is -2.45. The van der Waals surface area contributed by atoms with Crippen molar-refractivity contribution in [3.63, 3.8) is 0 Å². The first-order valence-electron chi connectivity index (χ1n) is 5.51. The lowest BCUT2D eigenvalue weighted by molar-refractivity contribution is -0.122. The van der Waals surface area contributed by atoms with Crippen LogP contribution in [-0.4, -0.2) is 24.4 Å². The third-order valence-corrected chi connectivity index (χ3v) is 4.26. The van der Waals surface area contributed by atoms with Gasteiger partial charge < -0.3 is 10.6 Å². The van der Waals surface area contributed by atoms with Crippen LogP contribution in [-0.2, 0) is 4.79 Å². The highest BCUT2D eigenvalue weighted by Crippen LogP contribution is 2.22. The molecule has 1 saturated heterocycles. The highest BCUT2D eigenvalue weighted by atomic mass is 79.9. The number of hydrogen-bond acceptors (Lipinski definition) is 3. The van der Waals surface area contributed by atoms with E-state index >= 15 is 0 Å². The second-order valence-corrected chi connectivity index (χ2v) is 6.38. The molecule has 92 valence electrons. The van der Waals surface area contributed by atoms with Crippen LogP contribution in [0.5, 0.6) is 0 Å².